The Bertz CT molecular complexity index is 1120. The summed E-state index contributed by atoms with van der Waals surface area (Å²) in [6.45, 7) is 0.180. The molecule has 154 valence electrons. The fraction of sp³-hybridized carbons (Fsp3) is 0.412. The number of hydrogen-bond donors (Lipinski definition) is 2. The molecular weight excluding hydrogens is 403 g/mol. The van der Waals surface area contributed by atoms with Crippen LogP contribution in [0.2, 0.25) is 0 Å². The second kappa shape index (κ2) is 6.51. The number of sulfonamides is 1. The van der Waals surface area contributed by atoms with Gasteiger partial charge >= 0.3 is 0 Å². The second-order valence-electron chi connectivity index (χ2n) is 7.26. The van der Waals surface area contributed by atoms with Crippen molar-refractivity contribution in [3.8, 4) is 0 Å². The molecule has 3 N–H and O–H groups in total. The monoisotopic (exact) mass is 422 g/mol. The minimum atomic E-state index is -3.99. The van der Waals surface area contributed by atoms with Gasteiger partial charge in [-0.3, -0.25) is 19.0 Å². The van der Waals surface area contributed by atoms with Crippen molar-refractivity contribution >= 4 is 27.7 Å². The molecule has 12 heteroatoms. The highest BCUT2D eigenvalue weighted by atomic mass is 32.2. The minimum absolute atomic E-state index is 0.0495. The predicted molar refractivity (Wildman–Crippen MR) is 100 cm³/mol. The van der Waals surface area contributed by atoms with E-state index in [9.17, 15) is 22.4 Å². The zero-order valence-electron chi connectivity index (χ0n) is 15.6. The molecule has 3 heterocycles. The van der Waals surface area contributed by atoms with E-state index >= 15 is 0 Å². The Morgan fingerprint density at radius 3 is 2.76 bits per heavy atom. The van der Waals surface area contributed by atoms with Crippen LogP contribution >= 0.6 is 0 Å². The number of primary amides is 1. The Balaban J connectivity index is 1.57. The number of rotatable bonds is 6. The third-order valence-electron chi connectivity index (χ3n) is 5.35. The number of aromatic nitrogens is 3. The zero-order chi connectivity index (χ0) is 21.0. The summed E-state index contributed by atoms with van der Waals surface area (Å²) in [5, 5.41) is 4.02. The van der Waals surface area contributed by atoms with Crippen LogP contribution in [0.25, 0.3) is 0 Å². The van der Waals surface area contributed by atoms with E-state index in [1.165, 1.54) is 28.9 Å². The highest BCUT2D eigenvalue weighted by molar-refractivity contribution is 7.94. The van der Waals surface area contributed by atoms with Crippen molar-refractivity contribution in [2.45, 2.75) is 24.0 Å². The van der Waals surface area contributed by atoms with E-state index < -0.39 is 32.4 Å². The van der Waals surface area contributed by atoms with Crippen LogP contribution in [-0.2, 0) is 23.5 Å². The van der Waals surface area contributed by atoms with Crippen molar-refractivity contribution in [1.82, 2.24) is 19.7 Å². The van der Waals surface area contributed by atoms with Crippen molar-refractivity contribution < 1.29 is 22.4 Å². The van der Waals surface area contributed by atoms with Gasteiger partial charge in [0.25, 0.3) is 11.8 Å². The number of carbonyl (C=O) groups excluding carboxylic acids is 2. The molecule has 0 bridgehead atoms. The molecule has 0 unspecified atom stereocenters. The van der Waals surface area contributed by atoms with E-state index in [0.29, 0.717) is 24.8 Å². The third kappa shape index (κ3) is 3.12. The number of carbonyl (C=O) groups is 2. The number of halogens is 1. The molecule has 0 radical (unpaired) electrons. The molecule has 1 aliphatic carbocycles. The number of nitrogens with two attached hydrogens (primary N) is 1. The molecular formula is C17H19FN6O4S. The standard InChI is InChI=1S/C17H19FN6O4S/c1-23-13-10(12(21-23)14(19)25)4-8-24(16(13)26)9-17(5-6-17)29(27,28)22-15-11(18)3-2-7-20-15/h2-3,7H,4-6,8-9H2,1H3,(H2,19,25)(H,20,22). The molecule has 2 aromatic rings. The molecule has 1 aliphatic heterocycles. The van der Waals surface area contributed by atoms with Crippen LogP contribution < -0.4 is 10.5 Å². The summed E-state index contributed by atoms with van der Waals surface area (Å²) in [6.07, 6.45) is 2.30. The van der Waals surface area contributed by atoms with Crippen molar-refractivity contribution in [3.05, 3.63) is 41.1 Å². The van der Waals surface area contributed by atoms with Crippen molar-refractivity contribution in [3.63, 3.8) is 0 Å². The van der Waals surface area contributed by atoms with Crippen LogP contribution in [0.3, 0.4) is 0 Å². The number of anilines is 1. The van der Waals surface area contributed by atoms with Crippen LogP contribution in [0.4, 0.5) is 10.2 Å². The second-order valence-corrected chi connectivity index (χ2v) is 9.34. The van der Waals surface area contributed by atoms with Crippen LogP contribution in [0.1, 0.15) is 39.4 Å². The Morgan fingerprint density at radius 2 is 2.14 bits per heavy atom. The first-order valence-corrected chi connectivity index (χ1v) is 10.4. The number of fused-ring (bicyclic) bond motifs is 1. The highest BCUT2D eigenvalue weighted by Crippen LogP contribution is 2.45. The number of hydrogen-bond acceptors (Lipinski definition) is 6. The van der Waals surface area contributed by atoms with Crippen molar-refractivity contribution in [2.24, 2.45) is 12.8 Å². The van der Waals surface area contributed by atoms with E-state index in [1.54, 1.807) is 0 Å². The quantitative estimate of drug-likeness (QED) is 0.673. The van der Waals surface area contributed by atoms with Gasteiger partial charge in [-0.2, -0.15) is 5.10 Å². The van der Waals surface area contributed by atoms with Gasteiger partial charge < -0.3 is 10.6 Å². The molecule has 4 rings (SSSR count). The average molecular weight is 422 g/mol. The van der Waals surface area contributed by atoms with Gasteiger partial charge in [0.1, 0.15) is 10.4 Å². The molecule has 0 atom stereocenters. The lowest BCUT2D eigenvalue weighted by molar-refractivity contribution is 0.0724. The van der Waals surface area contributed by atoms with Gasteiger partial charge in [-0.1, -0.05) is 0 Å². The fourth-order valence-electron chi connectivity index (χ4n) is 3.61. The van der Waals surface area contributed by atoms with Gasteiger partial charge in [0.05, 0.1) is 0 Å². The van der Waals surface area contributed by atoms with Crippen LogP contribution in [0, 0.1) is 5.82 Å². The molecule has 1 saturated carbocycles. The number of nitrogens with one attached hydrogen (secondary N) is 1. The largest absolute Gasteiger partial charge is 0.364 e. The number of pyridine rings is 1. The lowest BCUT2D eigenvalue weighted by Gasteiger charge is -2.31. The molecule has 1 fully saturated rings. The molecule has 0 saturated heterocycles. The fourth-order valence-corrected chi connectivity index (χ4v) is 5.20. The molecule has 0 aromatic carbocycles. The topological polar surface area (TPSA) is 140 Å². The maximum atomic E-state index is 13.8. The molecule has 2 aliphatic rings. The maximum Gasteiger partial charge on any atom is 0.272 e. The number of nitrogens with zero attached hydrogens (tertiary/aromatic N) is 4. The van der Waals surface area contributed by atoms with Crippen LogP contribution in [-0.4, -0.2) is 57.7 Å². The third-order valence-corrected chi connectivity index (χ3v) is 7.49. The van der Waals surface area contributed by atoms with Gasteiger partial charge in [-0.05, 0) is 31.4 Å². The SMILES string of the molecule is Cn1nc(C(N)=O)c2c1C(=O)N(CC1(S(=O)(=O)Nc3ncccc3F)CC1)CC2. The normalized spacial score (nSPS) is 17.7. The van der Waals surface area contributed by atoms with Gasteiger partial charge in [0.2, 0.25) is 10.0 Å². The first-order chi connectivity index (χ1) is 13.7. The van der Waals surface area contributed by atoms with Crippen molar-refractivity contribution in [1.29, 1.82) is 0 Å². The molecule has 0 spiro atoms. The number of amides is 2. The highest BCUT2D eigenvalue weighted by Gasteiger charge is 2.57. The molecule has 2 aromatic heterocycles. The summed E-state index contributed by atoms with van der Waals surface area (Å²) in [6, 6.07) is 2.47. The van der Waals surface area contributed by atoms with Crippen LogP contribution in [0.15, 0.2) is 18.3 Å². The lowest BCUT2D eigenvalue weighted by Crippen LogP contribution is -2.47. The van der Waals surface area contributed by atoms with Gasteiger partial charge in [-0.25, -0.2) is 17.8 Å². The van der Waals surface area contributed by atoms with E-state index in [-0.39, 0.29) is 30.3 Å². The average Bonchev–Trinajstić information content (AvgIpc) is 3.37. The summed E-state index contributed by atoms with van der Waals surface area (Å²) < 4.78 is 41.9. The first kappa shape index (κ1) is 19.3. The Morgan fingerprint density at radius 1 is 1.41 bits per heavy atom. The van der Waals surface area contributed by atoms with Crippen molar-refractivity contribution in [2.75, 3.05) is 17.8 Å². The van der Waals surface area contributed by atoms with E-state index in [1.807, 2.05) is 0 Å². The molecule has 29 heavy (non-hydrogen) atoms. The van der Waals surface area contributed by atoms with Gasteiger partial charge in [0, 0.05) is 31.9 Å². The summed E-state index contributed by atoms with van der Waals surface area (Å²) in [4.78, 5) is 29.6. The summed E-state index contributed by atoms with van der Waals surface area (Å²) in [5.74, 6) is -2.28. The van der Waals surface area contributed by atoms with E-state index in [0.717, 1.165) is 6.07 Å². The Labute approximate surface area is 165 Å². The first-order valence-electron chi connectivity index (χ1n) is 8.93. The smallest absolute Gasteiger partial charge is 0.272 e. The molecule has 10 nitrogen and oxygen atoms in total. The summed E-state index contributed by atoms with van der Waals surface area (Å²) >= 11 is 0. The predicted octanol–water partition coefficient (Wildman–Crippen LogP) is 0.0259. The maximum absolute atomic E-state index is 13.8. The zero-order valence-corrected chi connectivity index (χ0v) is 16.4. The minimum Gasteiger partial charge on any atom is -0.364 e. The Hall–Kier alpha value is -3.02. The number of aryl methyl sites for hydroxylation is 1. The lowest BCUT2D eigenvalue weighted by atomic mass is 10.0. The van der Waals surface area contributed by atoms with Gasteiger partial charge in [0.15, 0.2) is 17.3 Å². The van der Waals surface area contributed by atoms with E-state index in [2.05, 4.69) is 14.8 Å². The summed E-state index contributed by atoms with van der Waals surface area (Å²) in [5.41, 5.74) is 6.07. The molecule has 2 amide bonds. The van der Waals surface area contributed by atoms with Crippen LogP contribution in [0.5, 0.6) is 0 Å². The Kier molecular flexibility index (Phi) is 4.33. The van der Waals surface area contributed by atoms with E-state index in [4.69, 9.17) is 5.73 Å². The summed E-state index contributed by atoms with van der Waals surface area (Å²) in [7, 11) is -2.46. The van der Waals surface area contributed by atoms with Gasteiger partial charge in [-0.15, -0.1) is 0 Å².